The van der Waals surface area contributed by atoms with Gasteiger partial charge in [-0.05, 0) is 54.8 Å². The minimum Gasteiger partial charge on any atom is -0.493 e. The predicted molar refractivity (Wildman–Crippen MR) is 133 cm³/mol. The first-order valence-corrected chi connectivity index (χ1v) is 11.0. The number of hydrogen-bond donors (Lipinski definition) is 2. The molecular weight excluding hydrogens is 430 g/mol. The quantitative estimate of drug-likeness (QED) is 0.311. The molecule has 2 N–H and O–H groups in total. The maximum Gasteiger partial charge on any atom is 0.319 e. The van der Waals surface area contributed by atoms with E-state index in [0.717, 1.165) is 23.7 Å². The Labute approximate surface area is 198 Å². The van der Waals surface area contributed by atoms with E-state index in [4.69, 9.17) is 14.2 Å². The van der Waals surface area contributed by atoms with E-state index in [2.05, 4.69) is 27.8 Å². The molecule has 0 unspecified atom stereocenters. The smallest absolute Gasteiger partial charge is 0.319 e. The molecule has 3 aromatic carbocycles. The molecule has 0 aliphatic rings. The Hall–Kier alpha value is -4.26. The lowest BCUT2D eigenvalue weighted by Crippen LogP contribution is -2.29. The van der Waals surface area contributed by atoms with Gasteiger partial charge in [-0.2, -0.15) is 0 Å². The molecule has 0 atom stereocenters. The van der Waals surface area contributed by atoms with E-state index in [-0.39, 0.29) is 6.03 Å². The van der Waals surface area contributed by atoms with Crippen LogP contribution in [0.2, 0.25) is 0 Å². The number of methoxy groups -OCH3 is 2. The highest BCUT2D eigenvalue weighted by molar-refractivity contribution is 5.89. The Morgan fingerprint density at radius 3 is 2.35 bits per heavy atom. The molecule has 0 saturated carbocycles. The van der Waals surface area contributed by atoms with Crippen LogP contribution < -0.4 is 24.8 Å². The van der Waals surface area contributed by atoms with Crippen LogP contribution in [0.1, 0.15) is 12.0 Å². The Morgan fingerprint density at radius 2 is 1.62 bits per heavy atom. The molecule has 0 radical (unpaired) electrons. The zero-order chi connectivity index (χ0) is 23.8. The number of nitrogens with zero attached hydrogens (tertiary/aromatic N) is 1. The number of urea groups is 1. The Kier molecular flexibility index (Phi) is 7.45. The van der Waals surface area contributed by atoms with Gasteiger partial charge < -0.3 is 24.8 Å². The van der Waals surface area contributed by atoms with Gasteiger partial charge in [0, 0.05) is 29.9 Å². The monoisotopic (exact) mass is 457 g/mol. The van der Waals surface area contributed by atoms with Gasteiger partial charge in [-0.15, -0.1) is 0 Å². The molecule has 4 aromatic rings. The van der Waals surface area contributed by atoms with Gasteiger partial charge in [-0.3, -0.25) is 4.98 Å². The average Bonchev–Trinajstić information content (AvgIpc) is 2.88. The van der Waals surface area contributed by atoms with Gasteiger partial charge in [-0.1, -0.05) is 30.3 Å². The number of aryl methyl sites for hydroxylation is 1. The lowest BCUT2D eigenvalue weighted by atomic mass is 10.1. The lowest BCUT2D eigenvalue weighted by Gasteiger charge is -2.13. The molecule has 174 valence electrons. The summed E-state index contributed by atoms with van der Waals surface area (Å²) in [4.78, 5) is 16.6. The second-order valence-corrected chi connectivity index (χ2v) is 7.63. The summed E-state index contributed by atoms with van der Waals surface area (Å²) in [5, 5.41) is 6.53. The summed E-state index contributed by atoms with van der Waals surface area (Å²) in [6.45, 7) is 0.602. The van der Waals surface area contributed by atoms with Crippen molar-refractivity contribution in [2.45, 2.75) is 12.8 Å². The van der Waals surface area contributed by atoms with E-state index in [1.807, 2.05) is 30.3 Å². The molecule has 7 nitrogen and oxygen atoms in total. The van der Waals surface area contributed by atoms with Gasteiger partial charge in [0.1, 0.15) is 11.5 Å². The fraction of sp³-hybridized carbons (Fsp3) is 0.185. The number of carbonyl (C=O) groups is 1. The van der Waals surface area contributed by atoms with Gasteiger partial charge in [-0.25, -0.2) is 4.79 Å². The first-order chi connectivity index (χ1) is 16.7. The summed E-state index contributed by atoms with van der Waals surface area (Å²) >= 11 is 0. The van der Waals surface area contributed by atoms with Crippen LogP contribution in [0.5, 0.6) is 23.0 Å². The molecule has 0 saturated heterocycles. The molecule has 1 heterocycles. The van der Waals surface area contributed by atoms with Crippen LogP contribution in [0.15, 0.2) is 79.0 Å². The van der Waals surface area contributed by atoms with Gasteiger partial charge in [0.05, 0.1) is 19.7 Å². The Morgan fingerprint density at radius 1 is 0.882 bits per heavy atom. The highest BCUT2D eigenvalue weighted by Gasteiger charge is 2.11. The standard InChI is InChI=1S/C27H27N3O4/c1-32-25-17-22-23(18-26(25)33-2)28-16-14-24(22)34-21-12-10-20(11-13-21)30-27(31)29-15-6-9-19-7-4-3-5-8-19/h3-5,7-8,10-14,16-18H,6,9,15H2,1-2H3,(H2,29,30,31). The normalized spacial score (nSPS) is 10.5. The first-order valence-electron chi connectivity index (χ1n) is 11.0. The molecule has 0 fully saturated rings. The highest BCUT2D eigenvalue weighted by atomic mass is 16.5. The van der Waals surface area contributed by atoms with Crippen molar-refractivity contribution in [1.82, 2.24) is 10.3 Å². The van der Waals surface area contributed by atoms with E-state index < -0.39 is 0 Å². The third kappa shape index (κ3) is 5.75. The zero-order valence-electron chi connectivity index (χ0n) is 19.2. The number of carbonyl (C=O) groups excluding carboxylic acids is 1. The second-order valence-electron chi connectivity index (χ2n) is 7.63. The molecular formula is C27H27N3O4. The first kappa shape index (κ1) is 22.9. The van der Waals surface area contributed by atoms with Gasteiger partial charge in [0.25, 0.3) is 0 Å². The third-order valence-corrected chi connectivity index (χ3v) is 5.32. The maximum absolute atomic E-state index is 12.2. The highest BCUT2D eigenvalue weighted by Crippen LogP contribution is 2.36. The molecule has 0 aliphatic carbocycles. The molecule has 1 aromatic heterocycles. The summed E-state index contributed by atoms with van der Waals surface area (Å²) in [6.07, 6.45) is 3.48. The van der Waals surface area contributed by atoms with Crippen molar-refractivity contribution >= 4 is 22.6 Å². The van der Waals surface area contributed by atoms with Gasteiger partial charge >= 0.3 is 6.03 Å². The lowest BCUT2D eigenvalue weighted by molar-refractivity contribution is 0.252. The van der Waals surface area contributed by atoms with Crippen molar-refractivity contribution in [3.63, 3.8) is 0 Å². The third-order valence-electron chi connectivity index (χ3n) is 5.32. The average molecular weight is 458 g/mol. The fourth-order valence-electron chi connectivity index (χ4n) is 3.58. The van der Waals surface area contributed by atoms with Crippen molar-refractivity contribution < 1.29 is 19.0 Å². The fourth-order valence-corrected chi connectivity index (χ4v) is 3.58. The number of fused-ring (bicyclic) bond motifs is 1. The van der Waals surface area contributed by atoms with Crippen LogP contribution in [0.4, 0.5) is 10.5 Å². The largest absolute Gasteiger partial charge is 0.493 e. The van der Waals surface area contributed by atoms with Crippen LogP contribution in [-0.4, -0.2) is 31.8 Å². The molecule has 0 aliphatic heterocycles. The van der Waals surface area contributed by atoms with Crippen LogP contribution in [-0.2, 0) is 6.42 Å². The zero-order valence-corrected chi connectivity index (χ0v) is 19.2. The van der Waals surface area contributed by atoms with E-state index in [1.54, 1.807) is 50.7 Å². The number of rotatable bonds is 9. The molecule has 7 heteroatoms. The number of benzene rings is 3. The maximum atomic E-state index is 12.2. The van der Waals surface area contributed by atoms with Crippen molar-refractivity contribution in [2.75, 3.05) is 26.1 Å². The molecule has 0 bridgehead atoms. The number of anilines is 1. The van der Waals surface area contributed by atoms with Crippen molar-refractivity contribution in [3.05, 3.63) is 84.6 Å². The Bertz CT molecular complexity index is 1240. The summed E-state index contributed by atoms with van der Waals surface area (Å²) in [7, 11) is 3.18. The van der Waals surface area contributed by atoms with E-state index in [9.17, 15) is 4.79 Å². The van der Waals surface area contributed by atoms with Gasteiger partial charge in [0.15, 0.2) is 11.5 Å². The predicted octanol–water partition coefficient (Wildman–Crippen LogP) is 5.80. The molecule has 34 heavy (non-hydrogen) atoms. The van der Waals surface area contributed by atoms with Crippen LogP contribution >= 0.6 is 0 Å². The van der Waals surface area contributed by atoms with Crippen LogP contribution in [0, 0.1) is 0 Å². The van der Waals surface area contributed by atoms with E-state index >= 15 is 0 Å². The molecule has 0 spiro atoms. The number of pyridine rings is 1. The van der Waals surface area contributed by atoms with E-state index in [0.29, 0.717) is 35.2 Å². The minimum atomic E-state index is -0.233. The number of amides is 2. The second kappa shape index (κ2) is 11.0. The summed E-state index contributed by atoms with van der Waals surface area (Å²) in [6, 6.07) is 22.6. The van der Waals surface area contributed by atoms with Crippen LogP contribution in [0.3, 0.4) is 0 Å². The number of aromatic nitrogens is 1. The van der Waals surface area contributed by atoms with Crippen molar-refractivity contribution in [2.24, 2.45) is 0 Å². The topological polar surface area (TPSA) is 81.7 Å². The number of ether oxygens (including phenoxy) is 3. The Balaban J connectivity index is 1.34. The summed E-state index contributed by atoms with van der Waals surface area (Å²) in [5.41, 5.74) is 2.68. The summed E-state index contributed by atoms with van der Waals surface area (Å²) < 4.78 is 16.8. The number of hydrogen-bond acceptors (Lipinski definition) is 5. The van der Waals surface area contributed by atoms with Crippen molar-refractivity contribution in [1.29, 1.82) is 0 Å². The number of nitrogens with one attached hydrogen (secondary N) is 2. The molecule has 2 amide bonds. The summed E-state index contributed by atoms with van der Waals surface area (Å²) in [5.74, 6) is 2.48. The van der Waals surface area contributed by atoms with Gasteiger partial charge in [0.2, 0.25) is 0 Å². The molecule has 4 rings (SSSR count). The van der Waals surface area contributed by atoms with E-state index in [1.165, 1.54) is 5.56 Å². The minimum absolute atomic E-state index is 0.233. The SMILES string of the molecule is COc1cc2nccc(Oc3ccc(NC(=O)NCCCc4ccccc4)cc3)c2cc1OC. The van der Waals surface area contributed by atoms with Crippen LogP contribution in [0.25, 0.3) is 10.9 Å². The van der Waals surface area contributed by atoms with Crippen molar-refractivity contribution in [3.8, 4) is 23.0 Å².